The first-order chi connectivity index (χ1) is 12.9. The van der Waals surface area contributed by atoms with E-state index in [1.165, 1.54) is 6.92 Å². The minimum atomic E-state index is -3.69. The van der Waals surface area contributed by atoms with Gasteiger partial charge in [0.1, 0.15) is 5.75 Å². The third-order valence-corrected chi connectivity index (χ3v) is 6.64. The Hall–Kier alpha value is -2.38. The van der Waals surface area contributed by atoms with E-state index < -0.39 is 10.0 Å². The number of nitrogens with zero attached hydrogens (tertiary/aromatic N) is 1. The van der Waals surface area contributed by atoms with Gasteiger partial charge in [0.05, 0.1) is 17.5 Å². The molecule has 2 aliphatic heterocycles. The summed E-state index contributed by atoms with van der Waals surface area (Å²) in [5.74, 6) is 0.685. The van der Waals surface area contributed by atoms with Crippen LogP contribution in [0.5, 0.6) is 5.75 Å². The van der Waals surface area contributed by atoms with Crippen molar-refractivity contribution in [1.29, 1.82) is 0 Å². The SMILES string of the molecule is CC(=O)N1c2ccc(S(=O)(=O)N[C@@H]3CCOc4ccccc43)cc2C[C@H]1C. The summed E-state index contributed by atoms with van der Waals surface area (Å²) in [6, 6.07) is 12.2. The quantitative estimate of drug-likeness (QED) is 0.880. The van der Waals surface area contributed by atoms with Crippen LogP contribution >= 0.6 is 0 Å². The second kappa shape index (κ2) is 6.65. The fourth-order valence-electron chi connectivity index (χ4n) is 3.97. The molecular formula is C20H22N2O4S. The van der Waals surface area contributed by atoms with E-state index in [-0.39, 0.29) is 22.9 Å². The lowest BCUT2D eigenvalue weighted by molar-refractivity contribution is -0.116. The van der Waals surface area contributed by atoms with Crippen molar-refractivity contribution in [2.24, 2.45) is 0 Å². The number of carbonyl (C=O) groups excluding carboxylic acids is 1. The predicted octanol–water partition coefficient (Wildman–Crippen LogP) is 2.79. The minimum absolute atomic E-state index is 0.0331. The normalized spacial score (nSPS) is 21.3. The number of anilines is 1. The van der Waals surface area contributed by atoms with Crippen LogP contribution in [0.2, 0.25) is 0 Å². The molecule has 2 atom stereocenters. The zero-order valence-electron chi connectivity index (χ0n) is 15.3. The Labute approximate surface area is 159 Å². The molecule has 0 saturated carbocycles. The van der Waals surface area contributed by atoms with E-state index >= 15 is 0 Å². The number of sulfonamides is 1. The summed E-state index contributed by atoms with van der Waals surface area (Å²) in [6.45, 7) is 3.96. The van der Waals surface area contributed by atoms with Crippen molar-refractivity contribution >= 4 is 21.6 Å². The van der Waals surface area contributed by atoms with E-state index in [9.17, 15) is 13.2 Å². The lowest BCUT2D eigenvalue weighted by Gasteiger charge is -2.26. The number of benzene rings is 2. The van der Waals surface area contributed by atoms with Crippen LogP contribution in [0.4, 0.5) is 5.69 Å². The molecule has 0 saturated heterocycles. The Morgan fingerprint density at radius 3 is 2.78 bits per heavy atom. The van der Waals surface area contributed by atoms with E-state index in [4.69, 9.17) is 4.74 Å². The summed E-state index contributed by atoms with van der Waals surface area (Å²) in [5.41, 5.74) is 2.53. The van der Waals surface area contributed by atoms with Gasteiger partial charge in [-0.2, -0.15) is 0 Å². The van der Waals surface area contributed by atoms with E-state index in [2.05, 4.69) is 4.72 Å². The Balaban J connectivity index is 1.63. The average molecular weight is 386 g/mol. The summed E-state index contributed by atoms with van der Waals surface area (Å²) in [7, 11) is -3.69. The molecular weight excluding hydrogens is 364 g/mol. The van der Waals surface area contributed by atoms with Crippen LogP contribution in [0.1, 0.15) is 37.4 Å². The van der Waals surface area contributed by atoms with Crippen molar-refractivity contribution in [3.05, 3.63) is 53.6 Å². The number of hydrogen-bond acceptors (Lipinski definition) is 4. The molecule has 0 bridgehead atoms. The third-order valence-electron chi connectivity index (χ3n) is 5.17. The molecule has 7 heteroatoms. The van der Waals surface area contributed by atoms with Gasteiger partial charge in [0.2, 0.25) is 15.9 Å². The van der Waals surface area contributed by atoms with E-state index in [1.54, 1.807) is 23.1 Å². The van der Waals surface area contributed by atoms with Crippen LogP contribution in [0.25, 0.3) is 0 Å². The second-order valence-electron chi connectivity index (χ2n) is 7.08. The Morgan fingerprint density at radius 1 is 1.22 bits per heavy atom. The van der Waals surface area contributed by atoms with Crippen LogP contribution in [0.3, 0.4) is 0 Å². The summed E-state index contributed by atoms with van der Waals surface area (Å²) in [5, 5.41) is 0. The van der Waals surface area contributed by atoms with Crippen LogP contribution in [-0.4, -0.2) is 27.0 Å². The number of para-hydroxylation sites is 1. The maximum Gasteiger partial charge on any atom is 0.241 e. The Morgan fingerprint density at radius 2 is 2.00 bits per heavy atom. The molecule has 27 heavy (non-hydrogen) atoms. The molecule has 2 aromatic carbocycles. The minimum Gasteiger partial charge on any atom is -0.493 e. The van der Waals surface area contributed by atoms with Gasteiger partial charge in [-0.15, -0.1) is 0 Å². The first kappa shape index (κ1) is 18.0. The molecule has 2 aliphatic rings. The van der Waals surface area contributed by atoms with Gasteiger partial charge in [-0.05, 0) is 43.2 Å². The van der Waals surface area contributed by atoms with Crippen LogP contribution in [0.15, 0.2) is 47.4 Å². The predicted molar refractivity (Wildman–Crippen MR) is 102 cm³/mol. The van der Waals surface area contributed by atoms with E-state index in [0.29, 0.717) is 19.4 Å². The summed E-state index contributed by atoms with van der Waals surface area (Å²) in [6.07, 6.45) is 1.23. The molecule has 1 amide bonds. The molecule has 4 rings (SSSR count). The molecule has 0 fully saturated rings. The van der Waals surface area contributed by atoms with Gasteiger partial charge in [-0.3, -0.25) is 4.79 Å². The monoisotopic (exact) mass is 386 g/mol. The van der Waals surface area contributed by atoms with Crippen LogP contribution in [0, 0.1) is 0 Å². The highest BCUT2D eigenvalue weighted by Crippen LogP contribution is 2.35. The number of nitrogens with one attached hydrogen (secondary N) is 1. The number of carbonyl (C=O) groups is 1. The van der Waals surface area contributed by atoms with Crippen LogP contribution < -0.4 is 14.4 Å². The molecule has 2 aromatic rings. The second-order valence-corrected chi connectivity index (χ2v) is 8.80. The summed E-state index contributed by atoms with van der Waals surface area (Å²) >= 11 is 0. The average Bonchev–Trinajstić information content (AvgIpc) is 2.97. The molecule has 2 heterocycles. The largest absolute Gasteiger partial charge is 0.493 e. The van der Waals surface area contributed by atoms with E-state index in [1.807, 2.05) is 31.2 Å². The number of hydrogen-bond donors (Lipinski definition) is 1. The van der Waals surface area contributed by atoms with Crippen molar-refractivity contribution in [3.63, 3.8) is 0 Å². The lowest BCUT2D eigenvalue weighted by atomic mass is 10.0. The topological polar surface area (TPSA) is 75.7 Å². The number of amides is 1. The molecule has 0 radical (unpaired) electrons. The maximum absolute atomic E-state index is 13.0. The van der Waals surface area contributed by atoms with Gasteiger partial charge in [0.25, 0.3) is 0 Å². The molecule has 142 valence electrons. The highest BCUT2D eigenvalue weighted by atomic mass is 32.2. The molecule has 0 aliphatic carbocycles. The van der Waals surface area contributed by atoms with Crippen molar-refractivity contribution in [2.75, 3.05) is 11.5 Å². The maximum atomic E-state index is 13.0. The van der Waals surface area contributed by atoms with Crippen molar-refractivity contribution in [2.45, 2.75) is 43.7 Å². The third kappa shape index (κ3) is 3.21. The Kier molecular flexibility index (Phi) is 4.44. The van der Waals surface area contributed by atoms with Gasteiger partial charge < -0.3 is 9.64 Å². The highest BCUT2D eigenvalue weighted by molar-refractivity contribution is 7.89. The zero-order chi connectivity index (χ0) is 19.2. The lowest BCUT2D eigenvalue weighted by Crippen LogP contribution is -2.33. The van der Waals surface area contributed by atoms with Gasteiger partial charge in [-0.25, -0.2) is 13.1 Å². The summed E-state index contributed by atoms with van der Waals surface area (Å²) < 4.78 is 34.4. The Bertz CT molecular complexity index is 1000. The summed E-state index contributed by atoms with van der Waals surface area (Å²) in [4.78, 5) is 13.8. The molecule has 1 N–H and O–H groups in total. The van der Waals surface area contributed by atoms with Crippen molar-refractivity contribution in [1.82, 2.24) is 4.72 Å². The van der Waals surface area contributed by atoms with Gasteiger partial charge >= 0.3 is 0 Å². The zero-order valence-corrected chi connectivity index (χ0v) is 16.1. The van der Waals surface area contributed by atoms with Gasteiger partial charge in [0, 0.05) is 30.6 Å². The van der Waals surface area contributed by atoms with Gasteiger partial charge in [-0.1, -0.05) is 18.2 Å². The van der Waals surface area contributed by atoms with Crippen molar-refractivity contribution < 1.29 is 17.9 Å². The molecule has 6 nitrogen and oxygen atoms in total. The van der Waals surface area contributed by atoms with E-state index in [0.717, 1.165) is 22.6 Å². The van der Waals surface area contributed by atoms with Crippen LogP contribution in [-0.2, 0) is 21.2 Å². The first-order valence-corrected chi connectivity index (χ1v) is 10.5. The molecule has 0 aromatic heterocycles. The number of fused-ring (bicyclic) bond motifs is 2. The number of ether oxygens (including phenoxy) is 1. The smallest absolute Gasteiger partial charge is 0.241 e. The standard InChI is InChI=1S/C20H22N2O4S/c1-13-11-15-12-16(7-8-19(15)22(13)14(2)23)27(24,25)21-18-9-10-26-20-6-4-3-5-17(18)20/h3-8,12-13,18,21H,9-11H2,1-2H3/t13-,18-/m1/s1. The highest BCUT2D eigenvalue weighted by Gasteiger charge is 2.31. The fourth-order valence-corrected chi connectivity index (χ4v) is 5.27. The number of rotatable bonds is 3. The molecule has 0 spiro atoms. The van der Waals surface area contributed by atoms with Gasteiger partial charge in [0.15, 0.2) is 0 Å². The first-order valence-electron chi connectivity index (χ1n) is 9.03. The fraction of sp³-hybridized carbons (Fsp3) is 0.350. The molecule has 0 unspecified atom stereocenters. The van der Waals surface area contributed by atoms with Crippen molar-refractivity contribution in [3.8, 4) is 5.75 Å².